The molecule has 0 bridgehead atoms. The van der Waals surface area contributed by atoms with Crippen LogP contribution in [0, 0.1) is 25.0 Å². The minimum atomic E-state index is -1.67. The van der Waals surface area contributed by atoms with Crippen LogP contribution in [-0.2, 0) is 26.5 Å². The number of aromatic nitrogens is 4. The Balaban J connectivity index is 0.000000208. The van der Waals surface area contributed by atoms with E-state index in [0.29, 0.717) is 5.71 Å². The predicted octanol–water partition coefficient (Wildman–Crippen LogP) is 13.7. The first-order valence-corrected chi connectivity index (χ1v) is 24.3. The molecule has 0 fully saturated rings. The maximum Gasteiger partial charge on any atom is 0.216 e. The Labute approximate surface area is 381 Å². The zero-order valence-corrected chi connectivity index (χ0v) is 39.1. The molecule has 0 aliphatic rings. The zero-order chi connectivity index (χ0) is 43.9. The second-order valence-electron chi connectivity index (χ2n) is 16.7. The predicted molar refractivity (Wildman–Crippen MR) is 256 cm³/mol. The minimum absolute atomic E-state index is 0. The van der Waals surface area contributed by atoms with Crippen LogP contribution in [-0.4, -0.2) is 27.6 Å². The van der Waals surface area contributed by atoms with Crippen LogP contribution < -0.4 is 5.19 Å². The summed E-state index contributed by atoms with van der Waals surface area (Å²) < 4.78 is 25.8. The van der Waals surface area contributed by atoms with E-state index in [1.165, 1.54) is 0 Å². The van der Waals surface area contributed by atoms with E-state index in [1.807, 2.05) is 93.7 Å². The fourth-order valence-corrected chi connectivity index (χ4v) is 9.29. The van der Waals surface area contributed by atoms with E-state index in [-0.39, 0.29) is 26.0 Å². The van der Waals surface area contributed by atoms with Gasteiger partial charge in [-0.25, -0.2) is 4.98 Å². The van der Waals surface area contributed by atoms with Gasteiger partial charge in [0, 0.05) is 51.4 Å². The van der Waals surface area contributed by atoms with E-state index >= 15 is 0 Å². The Morgan fingerprint density at radius 2 is 1.44 bits per heavy atom. The molecule has 0 unspecified atom stereocenters. The van der Waals surface area contributed by atoms with Gasteiger partial charge in [-0.2, -0.15) is 0 Å². The van der Waals surface area contributed by atoms with Gasteiger partial charge in [0.15, 0.2) is 0 Å². The molecule has 10 aromatic rings. The van der Waals surface area contributed by atoms with Gasteiger partial charge in [-0.05, 0) is 77.1 Å². The summed E-state index contributed by atoms with van der Waals surface area (Å²) >= 11 is 0. The molecule has 10 rings (SSSR count). The molecule has 0 atom stereocenters. The van der Waals surface area contributed by atoms with Crippen LogP contribution in [0.15, 0.2) is 168 Å². The molecule has 62 heavy (non-hydrogen) atoms. The van der Waals surface area contributed by atoms with E-state index < -0.39 is 14.4 Å². The molecule has 4 aromatic heterocycles. The number of aryl methyl sites for hydroxylation is 1. The van der Waals surface area contributed by atoms with Gasteiger partial charge < -0.3 is 14.0 Å². The third-order valence-electron chi connectivity index (χ3n) is 10.8. The summed E-state index contributed by atoms with van der Waals surface area (Å²) in [6.07, 6.45) is 0.528. The van der Waals surface area contributed by atoms with Crippen molar-refractivity contribution in [2.24, 2.45) is 5.92 Å². The van der Waals surface area contributed by atoms with Crippen molar-refractivity contribution in [1.82, 2.24) is 19.5 Å². The standard InChI is InChI=1S/C37H24N3O.C18H24NSi.Ir/c1-24-19-21-30-29-15-10-16-31(35(29)41-37(30)38-24)36-39-32-17-8-9-18-33(32)40(36)34-23-27(25-11-4-2-5-12-25)20-22-28(34)26-13-6-3-7-14-26;1-14(2)11-16-12-17(15-9-7-6-8-10-15)19-13-18(16)20(3,4)5;/h2-15,17-23H,1H3;6-9,12-14H,11H2,1-5H3;/q2*-1;/i;11D2;. The summed E-state index contributed by atoms with van der Waals surface area (Å²) in [4.78, 5) is 14.4. The second-order valence-corrected chi connectivity index (χ2v) is 21.7. The summed E-state index contributed by atoms with van der Waals surface area (Å²) in [6, 6.07) is 60.3. The van der Waals surface area contributed by atoms with Crippen LogP contribution in [0.3, 0.4) is 0 Å². The maximum atomic E-state index is 8.55. The number of para-hydroxylation sites is 2. The first kappa shape index (κ1) is 39.9. The molecule has 0 amide bonds. The Morgan fingerprint density at radius 1 is 0.710 bits per heavy atom. The molecule has 0 saturated carbocycles. The molecule has 5 nitrogen and oxygen atoms in total. The Bertz CT molecular complexity index is 3230. The molecule has 0 aliphatic carbocycles. The largest absolute Gasteiger partial charge is 0.486 e. The number of imidazole rings is 1. The van der Waals surface area contributed by atoms with Crippen LogP contribution in [0.25, 0.3) is 83.7 Å². The number of furan rings is 1. The van der Waals surface area contributed by atoms with Crippen molar-refractivity contribution >= 4 is 46.4 Å². The second kappa shape index (κ2) is 18.0. The molecule has 0 aliphatic heterocycles. The average molecular weight is 1000 g/mol. The van der Waals surface area contributed by atoms with Crippen LogP contribution in [0.4, 0.5) is 0 Å². The number of pyridine rings is 2. The SMILES string of the molecule is Cc1ccc2c(n1)oc1c(-c3nc4ccccc4n3-c3cc(-c4ccccc4)ccc3-c3ccccc3)[c-]ccc12.[2H]C([2H])(c1cc(-c2[c-]cccc2)ncc1[Si](C)(C)C)C(C)C.[Ir]. The number of benzene rings is 6. The normalized spacial score (nSPS) is 12.2. The van der Waals surface area contributed by atoms with E-state index in [9.17, 15) is 0 Å². The molecular formula is C55H48IrN4OSi-2. The van der Waals surface area contributed by atoms with Gasteiger partial charge >= 0.3 is 0 Å². The number of hydrogen-bond donors (Lipinski definition) is 0. The molecule has 4 heterocycles. The van der Waals surface area contributed by atoms with Gasteiger partial charge in [0.2, 0.25) is 5.71 Å². The van der Waals surface area contributed by atoms with Crippen molar-refractivity contribution in [2.75, 3.05) is 0 Å². The summed E-state index contributed by atoms with van der Waals surface area (Å²) in [5.41, 5.74) is 13.1. The van der Waals surface area contributed by atoms with Gasteiger partial charge in [-0.1, -0.05) is 141 Å². The molecule has 6 aromatic carbocycles. The van der Waals surface area contributed by atoms with E-state index in [0.717, 1.165) is 94.4 Å². The van der Waals surface area contributed by atoms with Gasteiger partial charge in [0.25, 0.3) is 0 Å². The van der Waals surface area contributed by atoms with Gasteiger partial charge in [0.1, 0.15) is 0 Å². The van der Waals surface area contributed by atoms with Crippen LogP contribution >= 0.6 is 0 Å². The zero-order valence-electron chi connectivity index (χ0n) is 37.7. The van der Waals surface area contributed by atoms with E-state index in [4.69, 9.17) is 12.1 Å². The van der Waals surface area contributed by atoms with Crippen molar-refractivity contribution < 1.29 is 27.3 Å². The third-order valence-corrected chi connectivity index (χ3v) is 12.8. The Kier molecular flexibility index (Phi) is 11.6. The summed E-state index contributed by atoms with van der Waals surface area (Å²) in [7, 11) is -1.67. The average Bonchev–Trinajstić information content (AvgIpc) is 3.88. The molecular weight excluding hydrogens is 953 g/mol. The van der Waals surface area contributed by atoms with Crippen molar-refractivity contribution in [1.29, 1.82) is 0 Å². The molecule has 7 heteroatoms. The minimum Gasteiger partial charge on any atom is -0.486 e. The molecule has 0 spiro atoms. The fraction of sp³-hybridized carbons (Fsp3) is 0.145. The fourth-order valence-electron chi connectivity index (χ4n) is 7.89. The summed E-state index contributed by atoms with van der Waals surface area (Å²) in [5, 5.41) is 3.09. The quantitative estimate of drug-likeness (QED) is 0.112. The van der Waals surface area contributed by atoms with E-state index in [2.05, 4.69) is 137 Å². The molecule has 309 valence electrons. The molecule has 0 saturated heterocycles. The van der Waals surface area contributed by atoms with Gasteiger partial charge in [-0.3, -0.25) is 4.98 Å². The maximum absolute atomic E-state index is 8.55. The topological polar surface area (TPSA) is 56.7 Å². The van der Waals surface area contributed by atoms with Gasteiger partial charge in [-0.15, -0.1) is 54.1 Å². The Morgan fingerprint density at radius 3 is 2.16 bits per heavy atom. The number of nitrogens with zero attached hydrogens (tertiary/aromatic N) is 4. The monoisotopic (exact) mass is 1000 g/mol. The third kappa shape index (κ3) is 8.62. The summed E-state index contributed by atoms with van der Waals surface area (Å²) in [5.74, 6) is 0.688. The summed E-state index contributed by atoms with van der Waals surface area (Å²) in [6.45, 7) is 12.5. The number of hydrogen-bond acceptors (Lipinski definition) is 4. The first-order chi connectivity index (χ1) is 30.4. The van der Waals surface area contributed by atoms with Gasteiger partial charge in [0.05, 0.1) is 30.5 Å². The van der Waals surface area contributed by atoms with Crippen LogP contribution in [0.2, 0.25) is 19.6 Å². The molecule has 0 N–H and O–H groups in total. The van der Waals surface area contributed by atoms with Crippen molar-refractivity contribution in [3.05, 3.63) is 187 Å². The van der Waals surface area contributed by atoms with Crippen molar-refractivity contribution in [3.63, 3.8) is 0 Å². The molecule has 1 radical (unpaired) electrons. The van der Waals surface area contributed by atoms with Crippen LogP contribution in [0.1, 0.15) is 27.8 Å². The van der Waals surface area contributed by atoms with Crippen LogP contribution in [0.5, 0.6) is 0 Å². The number of rotatable bonds is 8. The first-order valence-electron chi connectivity index (χ1n) is 21.8. The Hall–Kier alpha value is -6.24. The smallest absolute Gasteiger partial charge is 0.216 e. The van der Waals surface area contributed by atoms with Crippen molar-refractivity contribution in [3.8, 4) is 50.6 Å². The van der Waals surface area contributed by atoms with E-state index in [1.54, 1.807) is 0 Å². The van der Waals surface area contributed by atoms with Crippen molar-refractivity contribution in [2.45, 2.75) is 46.8 Å². The number of fused-ring (bicyclic) bond motifs is 4.